The number of aromatic amines is 1. The quantitative estimate of drug-likeness (QED) is 0.766. The average Bonchev–Trinajstić information content (AvgIpc) is 2.10. The van der Waals surface area contributed by atoms with E-state index in [1.807, 2.05) is 13.8 Å². The number of hydrogen-bond donors (Lipinski definition) is 1. The van der Waals surface area contributed by atoms with Gasteiger partial charge >= 0.3 is 0 Å². The second kappa shape index (κ2) is 4.21. The molecule has 1 atom stereocenters. The standard InChI is InChI=1S/C10H14FNO/c1-3-4-7(2)8-5-12-6-9(11)10(8)13/h5-7H,3-4H2,1-2H3,(H,12,13). The second-order valence-corrected chi connectivity index (χ2v) is 3.28. The van der Waals surface area contributed by atoms with Crippen LogP contribution in [0.25, 0.3) is 0 Å². The molecule has 0 aliphatic rings. The highest BCUT2D eigenvalue weighted by Crippen LogP contribution is 2.16. The van der Waals surface area contributed by atoms with Gasteiger partial charge in [0.05, 0.1) is 0 Å². The van der Waals surface area contributed by atoms with Gasteiger partial charge in [0.2, 0.25) is 5.43 Å². The zero-order valence-corrected chi connectivity index (χ0v) is 7.93. The maximum absolute atomic E-state index is 12.8. The summed E-state index contributed by atoms with van der Waals surface area (Å²) in [7, 11) is 0. The zero-order valence-electron chi connectivity index (χ0n) is 7.93. The third-order valence-electron chi connectivity index (χ3n) is 2.18. The van der Waals surface area contributed by atoms with Crippen molar-refractivity contribution in [1.82, 2.24) is 4.98 Å². The molecule has 2 nitrogen and oxygen atoms in total. The van der Waals surface area contributed by atoms with Gasteiger partial charge in [-0.15, -0.1) is 0 Å². The van der Waals surface area contributed by atoms with E-state index in [9.17, 15) is 9.18 Å². The van der Waals surface area contributed by atoms with Gasteiger partial charge in [0.15, 0.2) is 5.82 Å². The molecular weight excluding hydrogens is 169 g/mol. The largest absolute Gasteiger partial charge is 0.365 e. The molecule has 0 aliphatic heterocycles. The van der Waals surface area contributed by atoms with Crippen LogP contribution in [-0.2, 0) is 0 Å². The van der Waals surface area contributed by atoms with Crippen molar-refractivity contribution < 1.29 is 4.39 Å². The molecule has 1 rings (SSSR count). The lowest BCUT2D eigenvalue weighted by Gasteiger charge is -2.08. The van der Waals surface area contributed by atoms with Crippen LogP contribution in [0.1, 0.15) is 38.2 Å². The Balaban J connectivity index is 3.01. The van der Waals surface area contributed by atoms with Crippen LogP contribution in [0, 0.1) is 5.82 Å². The van der Waals surface area contributed by atoms with Crippen molar-refractivity contribution in [2.75, 3.05) is 0 Å². The van der Waals surface area contributed by atoms with Gasteiger partial charge in [0.1, 0.15) is 0 Å². The van der Waals surface area contributed by atoms with Gasteiger partial charge in [0, 0.05) is 18.0 Å². The van der Waals surface area contributed by atoms with E-state index in [0.29, 0.717) is 5.56 Å². The number of aromatic nitrogens is 1. The molecule has 1 heterocycles. The van der Waals surface area contributed by atoms with Crippen LogP contribution in [0.2, 0.25) is 0 Å². The molecule has 0 saturated carbocycles. The van der Waals surface area contributed by atoms with E-state index in [1.165, 1.54) is 0 Å². The molecule has 0 amide bonds. The predicted molar refractivity (Wildman–Crippen MR) is 50.3 cm³/mol. The van der Waals surface area contributed by atoms with Gasteiger partial charge in [-0.1, -0.05) is 20.3 Å². The van der Waals surface area contributed by atoms with Gasteiger partial charge in [-0.2, -0.15) is 0 Å². The van der Waals surface area contributed by atoms with Crippen molar-refractivity contribution in [3.63, 3.8) is 0 Å². The van der Waals surface area contributed by atoms with Crippen LogP contribution in [0.4, 0.5) is 4.39 Å². The number of hydrogen-bond acceptors (Lipinski definition) is 1. The number of H-pyrrole nitrogens is 1. The fraction of sp³-hybridized carbons (Fsp3) is 0.500. The van der Waals surface area contributed by atoms with E-state index in [0.717, 1.165) is 19.0 Å². The Morgan fingerprint density at radius 3 is 2.85 bits per heavy atom. The van der Waals surface area contributed by atoms with Gasteiger partial charge in [0.25, 0.3) is 0 Å². The van der Waals surface area contributed by atoms with Crippen LogP contribution in [0.5, 0.6) is 0 Å². The first-order chi connectivity index (χ1) is 6.16. The highest BCUT2D eigenvalue weighted by atomic mass is 19.1. The highest BCUT2D eigenvalue weighted by molar-refractivity contribution is 5.15. The number of nitrogens with one attached hydrogen (secondary N) is 1. The summed E-state index contributed by atoms with van der Waals surface area (Å²) >= 11 is 0. The summed E-state index contributed by atoms with van der Waals surface area (Å²) < 4.78 is 12.8. The Kier molecular flexibility index (Phi) is 3.23. The molecule has 3 heteroatoms. The minimum Gasteiger partial charge on any atom is -0.365 e. The summed E-state index contributed by atoms with van der Waals surface area (Å²) in [6.45, 7) is 3.98. The van der Waals surface area contributed by atoms with E-state index in [-0.39, 0.29) is 5.92 Å². The maximum atomic E-state index is 12.8. The van der Waals surface area contributed by atoms with Crippen molar-refractivity contribution in [2.45, 2.75) is 32.6 Å². The Hall–Kier alpha value is -1.12. The van der Waals surface area contributed by atoms with Gasteiger partial charge in [-0.05, 0) is 12.3 Å². The van der Waals surface area contributed by atoms with Crippen LogP contribution >= 0.6 is 0 Å². The molecule has 0 saturated heterocycles. The van der Waals surface area contributed by atoms with Gasteiger partial charge in [-0.3, -0.25) is 4.79 Å². The van der Waals surface area contributed by atoms with Crippen molar-refractivity contribution >= 4 is 0 Å². The molecule has 0 radical (unpaired) electrons. The van der Waals surface area contributed by atoms with Crippen molar-refractivity contribution in [2.24, 2.45) is 0 Å². The lowest BCUT2D eigenvalue weighted by atomic mass is 9.98. The van der Waals surface area contributed by atoms with Crippen molar-refractivity contribution in [1.29, 1.82) is 0 Å². The third-order valence-corrected chi connectivity index (χ3v) is 2.18. The summed E-state index contributed by atoms with van der Waals surface area (Å²) in [6, 6.07) is 0. The highest BCUT2D eigenvalue weighted by Gasteiger charge is 2.10. The lowest BCUT2D eigenvalue weighted by Crippen LogP contribution is -2.15. The van der Waals surface area contributed by atoms with Crippen LogP contribution in [0.15, 0.2) is 17.2 Å². The van der Waals surface area contributed by atoms with Crippen LogP contribution < -0.4 is 5.43 Å². The summed E-state index contributed by atoms with van der Waals surface area (Å²) in [5, 5.41) is 0. The minimum absolute atomic E-state index is 0.129. The van der Waals surface area contributed by atoms with E-state index in [1.54, 1.807) is 6.20 Å². The average molecular weight is 183 g/mol. The maximum Gasteiger partial charge on any atom is 0.220 e. The van der Waals surface area contributed by atoms with Gasteiger partial charge < -0.3 is 4.98 Å². The topological polar surface area (TPSA) is 32.9 Å². The fourth-order valence-electron chi connectivity index (χ4n) is 1.43. The molecule has 0 fully saturated rings. The van der Waals surface area contributed by atoms with Crippen LogP contribution in [0.3, 0.4) is 0 Å². The molecular formula is C10H14FNO. The third kappa shape index (κ3) is 2.17. The molecule has 1 aromatic rings. The normalized spacial score (nSPS) is 12.8. The van der Waals surface area contributed by atoms with E-state index < -0.39 is 11.2 Å². The molecule has 0 bridgehead atoms. The summed E-state index contributed by atoms with van der Waals surface area (Å²) in [4.78, 5) is 13.9. The smallest absolute Gasteiger partial charge is 0.220 e. The first-order valence-electron chi connectivity index (χ1n) is 4.53. The Morgan fingerprint density at radius 2 is 2.23 bits per heavy atom. The second-order valence-electron chi connectivity index (χ2n) is 3.28. The monoisotopic (exact) mass is 183 g/mol. The summed E-state index contributed by atoms with van der Waals surface area (Å²) in [6.07, 6.45) is 4.58. The molecule has 0 aromatic carbocycles. The van der Waals surface area contributed by atoms with E-state index in [4.69, 9.17) is 0 Å². The summed E-state index contributed by atoms with van der Waals surface area (Å²) in [5.41, 5.74) is 0.0709. The Labute approximate surface area is 76.8 Å². The lowest BCUT2D eigenvalue weighted by molar-refractivity contribution is 0.592. The molecule has 13 heavy (non-hydrogen) atoms. The number of halogens is 1. The predicted octanol–water partition coefficient (Wildman–Crippen LogP) is 2.42. The molecule has 1 unspecified atom stereocenters. The fourth-order valence-corrected chi connectivity index (χ4v) is 1.43. The van der Waals surface area contributed by atoms with E-state index in [2.05, 4.69) is 4.98 Å². The number of pyridine rings is 1. The molecule has 0 spiro atoms. The molecule has 1 N–H and O–H groups in total. The van der Waals surface area contributed by atoms with Crippen LogP contribution in [-0.4, -0.2) is 4.98 Å². The summed E-state index contributed by atoms with van der Waals surface area (Å²) in [5.74, 6) is -0.565. The van der Waals surface area contributed by atoms with Crippen molar-refractivity contribution in [3.05, 3.63) is 34.0 Å². The van der Waals surface area contributed by atoms with E-state index >= 15 is 0 Å². The number of rotatable bonds is 3. The Bertz CT molecular complexity index is 332. The zero-order chi connectivity index (χ0) is 9.84. The minimum atomic E-state index is -0.694. The molecule has 1 aromatic heterocycles. The first kappa shape index (κ1) is 9.96. The molecule has 72 valence electrons. The van der Waals surface area contributed by atoms with Crippen molar-refractivity contribution in [3.8, 4) is 0 Å². The van der Waals surface area contributed by atoms with Gasteiger partial charge in [-0.25, -0.2) is 4.39 Å². The first-order valence-corrected chi connectivity index (χ1v) is 4.53. The SMILES string of the molecule is CCCC(C)c1c[nH]cc(F)c1=O. The molecule has 0 aliphatic carbocycles. The Morgan fingerprint density at radius 1 is 1.54 bits per heavy atom.